The Bertz CT molecular complexity index is 201. The molecule has 0 fully saturated rings. The lowest BCUT2D eigenvalue weighted by molar-refractivity contribution is 0.219. The van der Waals surface area contributed by atoms with Gasteiger partial charge in [0.2, 0.25) is 0 Å². The van der Waals surface area contributed by atoms with Crippen molar-refractivity contribution in [2.75, 3.05) is 26.7 Å². The molecule has 16 heavy (non-hydrogen) atoms. The smallest absolute Gasteiger partial charge is 0.0558 e. The molecule has 0 radical (unpaired) electrons. The molecule has 0 aromatic heterocycles. The average molecular weight is 225 g/mol. The molecular weight excluding hydrogens is 198 g/mol. The van der Waals surface area contributed by atoms with Crippen LogP contribution in [-0.4, -0.2) is 36.8 Å². The molecular formula is C14H27NO. The first-order valence-corrected chi connectivity index (χ1v) is 6.80. The van der Waals surface area contributed by atoms with Crippen molar-refractivity contribution in [1.82, 2.24) is 4.90 Å². The minimum atomic E-state index is 0.279. The van der Waals surface area contributed by atoms with Crippen LogP contribution in [-0.2, 0) is 0 Å². The third-order valence-corrected chi connectivity index (χ3v) is 3.40. The van der Waals surface area contributed by atoms with Crippen molar-refractivity contribution in [3.8, 4) is 0 Å². The van der Waals surface area contributed by atoms with Crippen LogP contribution in [0.5, 0.6) is 0 Å². The average Bonchev–Trinajstić information content (AvgIpc) is 2.53. The van der Waals surface area contributed by atoms with Crippen LogP contribution in [0.1, 0.15) is 51.4 Å². The normalized spacial score (nSPS) is 17.3. The number of aliphatic hydroxyl groups excluding tert-OH is 1. The monoisotopic (exact) mass is 225 g/mol. The van der Waals surface area contributed by atoms with E-state index < -0.39 is 0 Å². The minimum absolute atomic E-state index is 0.279. The first-order valence-electron chi connectivity index (χ1n) is 6.80. The molecule has 0 unspecified atom stereocenters. The summed E-state index contributed by atoms with van der Waals surface area (Å²) in [5.41, 5.74) is 1.70. The van der Waals surface area contributed by atoms with Crippen molar-refractivity contribution in [3.63, 3.8) is 0 Å². The molecule has 2 nitrogen and oxygen atoms in total. The molecule has 1 aliphatic rings. The maximum Gasteiger partial charge on any atom is 0.0558 e. The molecule has 0 aromatic carbocycles. The van der Waals surface area contributed by atoms with Crippen LogP contribution in [0.25, 0.3) is 0 Å². The van der Waals surface area contributed by atoms with Gasteiger partial charge in [0.15, 0.2) is 0 Å². The molecule has 0 saturated heterocycles. The molecule has 1 N–H and O–H groups in total. The predicted octanol–water partition coefficient (Wildman–Crippen LogP) is 2.97. The van der Waals surface area contributed by atoms with Crippen LogP contribution >= 0.6 is 0 Å². The minimum Gasteiger partial charge on any atom is -0.395 e. The fourth-order valence-electron chi connectivity index (χ4n) is 2.32. The number of aliphatic hydroxyl groups is 1. The maximum absolute atomic E-state index is 8.78. The van der Waals surface area contributed by atoms with Crippen LogP contribution in [0.3, 0.4) is 0 Å². The third kappa shape index (κ3) is 6.29. The van der Waals surface area contributed by atoms with E-state index in [1.54, 1.807) is 5.57 Å². The fourth-order valence-corrected chi connectivity index (χ4v) is 2.32. The standard InChI is InChI=1S/C14H27NO/c1-15(12-13-16)11-7-6-10-14-8-4-2-3-5-9-14/h8,16H,2-7,9-13H2,1H3. The second kappa shape index (κ2) is 8.77. The molecule has 1 rings (SSSR count). The topological polar surface area (TPSA) is 23.5 Å². The number of allylic oxidation sites excluding steroid dienone is 2. The van der Waals surface area contributed by atoms with Gasteiger partial charge in [-0.25, -0.2) is 0 Å². The highest BCUT2D eigenvalue weighted by Crippen LogP contribution is 2.21. The van der Waals surface area contributed by atoms with E-state index in [1.165, 1.54) is 51.4 Å². The Morgan fingerprint density at radius 3 is 2.88 bits per heavy atom. The van der Waals surface area contributed by atoms with Gasteiger partial charge in [0, 0.05) is 6.54 Å². The summed E-state index contributed by atoms with van der Waals surface area (Å²) < 4.78 is 0. The van der Waals surface area contributed by atoms with Crippen molar-refractivity contribution in [1.29, 1.82) is 0 Å². The van der Waals surface area contributed by atoms with E-state index in [0.29, 0.717) is 0 Å². The summed E-state index contributed by atoms with van der Waals surface area (Å²) in [5.74, 6) is 0. The van der Waals surface area contributed by atoms with Gasteiger partial charge in [-0.1, -0.05) is 18.1 Å². The van der Waals surface area contributed by atoms with Crippen molar-refractivity contribution in [3.05, 3.63) is 11.6 Å². The zero-order valence-corrected chi connectivity index (χ0v) is 10.7. The fraction of sp³-hybridized carbons (Fsp3) is 0.857. The largest absolute Gasteiger partial charge is 0.395 e. The quantitative estimate of drug-likeness (QED) is 0.532. The summed E-state index contributed by atoms with van der Waals surface area (Å²) >= 11 is 0. The van der Waals surface area contributed by atoms with Gasteiger partial charge < -0.3 is 10.0 Å². The highest BCUT2D eigenvalue weighted by atomic mass is 16.3. The van der Waals surface area contributed by atoms with E-state index in [9.17, 15) is 0 Å². The van der Waals surface area contributed by atoms with E-state index in [4.69, 9.17) is 5.11 Å². The number of rotatable bonds is 7. The summed E-state index contributed by atoms with van der Waals surface area (Å²) in [6.45, 7) is 2.21. The molecule has 0 aliphatic heterocycles. The van der Waals surface area contributed by atoms with Gasteiger partial charge in [0.05, 0.1) is 6.61 Å². The van der Waals surface area contributed by atoms with Crippen LogP contribution in [0.2, 0.25) is 0 Å². The Hall–Kier alpha value is -0.340. The van der Waals surface area contributed by atoms with Gasteiger partial charge in [-0.15, -0.1) is 0 Å². The molecule has 0 amide bonds. The van der Waals surface area contributed by atoms with Crippen molar-refractivity contribution in [2.24, 2.45) is 0 Å². The molecule has 94 valence electrons. The Kier molecular flexibility index (Phi) is 7.52. The van der Waals surface area contributed by atoms with Gasteiger partial charge in [-0.3, -0.25) is 0 Å². The van der Waals surface area contributed by atoms with Crippen LogP contribution < -0.4 is 0 Å². The lowest BCUT2D eigenvalue weighted by atomic mass is 10.0. The molecule has 2 heteroatoms. The number of hydrogen-bond donors (Lipinski definition) is 1. The number of hydrogen-bond acceptors (Lipinski definition) is 2. The van der Waals surface area contributed by atoms with Gasteiger partial charge >= 0.3 is 0 Å². The van der Waals surface area contributed by atoms with Crippen LogP contribution in [0, 0.1) is 0 Å². The zero-order chi connectivity index (χ0) is 11.6. The Morgan fingerprint density at radius 1 is 1.19 bits per heavy atom. The van der Waals surface area contributed by atoms with Crippen molar-refractivity contribution in [2.45, 2.75) is 51.4 Å². The van der Waals surface area contributed by atoms with Crippen molar-refractivity contribution < 1.29 is 5.11 Å². The molecule has 0 bridgehead atoms. The maximum atomic E-state index is 8.78. The predicted molar refractivity (Wildman–Crippen MR) is 69.6 cm³/mol. The number of nitrogens with zero attached hydrogens (tertiary/aromatic N) is 1. The van der Waals surface area contributed by atoms with E-state index in [2.05, 4.69) is 18.0 Å². The van der Waals surface area contributed by atoms with Crippen molar-refractivity contribution >= 4 is 0 Å². The molecule has 0 atom stereocenters. The Morgan fingerprint density at radius 2 is 2.06 bits per heavy atom. The van der Waals surface area contributed by atoms with E-state index in [0.717, 1.165) is 13.1 Å². The highest BCUT2D eigenvalue weighted by Gasteiger charge is 2.03. The number of likely N-dealkylation sites (N-methyl/N-ethyl adjacent to an activating group) is 1. The summed E-state index contributed by atoms with van der Waals surface area (Å²) in [6, 6.07) is 0. The van der Waals surface area contributed by atoms with Gasteiger partial charge in [-0.05, 0) is 58.5 Å². The van der Waals surface area contributed by atoms with Crippen LogP contribution in [0.4, 0.5) is 0 Å². The molecule has 0 aromatic rings. The van der Waals surface area contributed by atoms with Gasteiger partial charge in [0.1, 0.15) is 0 Å². The van der Waals surface area contributed by atoms with Gasteiger partial charge in [-0.2, -0.15) is 0 Å². The first kappa shape index (κ1) is 13.7. The SMILES string of the molecule is CN(CCO)CCCCC1=CCCCCC1. The lowest BCUT2D eigenvalue weighted by Gasteiger charge is -2.14. The Labute approximate surface area is 100 Å². The lowest BCUT2D eigenvalue weighted by Crippen LogP contribution is -2.23. The first-order chi connectivity index (χ1) is 7.83. The number of unbranched alkanes of at least 4 members (excludes halogenated alkanes) is 1. The van der Waals surface area contributed by atoms with E-state index in [1.807, 2.05) is 0 Å². The molecule has 1 aliphatic carbocycles. The van der Waals surface area contributed by atoms with Gasteiger partial charge in [0.25, 0.3) is 0 Å². The summed E-state index contributed by atoms with van der Waals surface area (Å²) in [6.07, 6.45) is 13.2. The molecule has 0 saturated carbocycles. The van der Waals surface area contributed by atoms with E-state index in [-0.39, 0.29) is 6.61 Å². The summed E-state index contributed by atoms with van der Waals surface area (Å²) in [5, 5.41) is 8.78. The molecule has 0 heterocycles. The summed E-state index contributed by atoms with van der Waals surface area (Å²) in [4.78, 5) is 2.21. The summed E-state index contributed by atoms with van der Waals surface area (Å²) in [7, 11) is 2.08. The second-order valence-corrected chi connectivity index (χ2v) is 4.95. The van der Waals surface area contributed by atoms with Crippen LogP contribution in [0.15, 0.2) is 11.6 Å². The van der Waals surface area contributed by atoms with E-state index >= 15 is 0 Å². The second-order valence-electron chi connectivity index (χ2n) is 4.95. The zero-order valence-electron chi connectivity index (χ0n) is 10.7. The molecule has 0 spiro atoms. The Balaban J connectivity index is 2.03. The highest BCUT2D eigenvalue weighted by molar-refractivity contribution is 5.03. The third-order valence-electron chi connectivity index (χ3n) is 3.40.